The van der Waals surface area contributed by atoms with Crippen LogP contribution in [0, 0.1) is 24.5 Å². The highest BCUT2D eigenvalue weighted by Crippen LogP contribution is 2.38. The summed E-state index contributed by atoms with van der Waals surface area (Å²) < 4.78 is 4.06. The van der Waals surface area contributed by atoms with Gasteiger partial charge in [-0.2, -0.15) is 20.2 Å². The highest BCUT2D eigenvalue weighted by atomic mass is 15.2. The molecule has 44 heavy (non-hydrogen) atoms. The lowest BCUT2D eigenvalue weighted by molar-refractivity contribution is 0.929. The van der Waals surface area contributed by atoms with Crippen LogP contribution in [0.15, 0.2) is 109 Å². The van der Waals surface area contributed by atoms with Crippen LogP contribution in [-0.4, -0.2) is 24.1 Å². The second kappa shape index (κ2) is 9.63. The molecule has 202 valence electrons. The topological polar surface area (TPSA) is 81.0 Å². The number of nitriles is 1. The van der Waals surface area contributed by atoms with Gasteiger partial charge >= 0.3 is 0 Å². The van der Waals surface area contributed by atoms with Gasteiger partial charge in [0.25, 0.3) is 0 Å². The standard InChI is InChI=1S/C36H18N8/c1-38-22-15-17-32-27(19-22)28-20-23(39-2)16-18-33(28)44(32)36-41-34(21-37)40-35(42-36)26-11-5-8-14-31(26)43-29-12-6-3-9-24(29)25-10-4-7-13-30(25)43/h3-20H. The quantitative estimate of drug-likeness (QED) is 0.202. The van der Waals surface area contributed by atoms with Crippen LogP contribution >= 0.6 is 0 Å². The van der Waals surface area contributed by atoms with Crippen LogP contribution in [0.2, 0.25) is 0 Å². The average Bonchev–Trinajstić information content (AvgIpc) is 3.60. The number of nitrogens with zero attached hydrogens (tertiary/aromatic N) is 8. The molecule has 0 radical (unpaired) electrons. The van der Waals surface area contributed by atoms with Gasteiger partial charge in [0.1, 0.15) is 6.07 Å². The van der Waals surface area contributed by atoms with E-state index in [1.165, 1.54) is 0 Å². The second-order valence-electron chi connectivity index (χ2n) is 10.2. The molecule has 0 aliphatic heterocycles. The molecule has 0 amide bonds. The Balaban J connectivity index is 1.42. The van der Waals surface area contributed by atoms with Crippen LogP contribution in [0.4, 0.5) is 11.4 Å². The van der Waals surface area contributed by atoms with Crippen molar-refractivity contribution in [3.05, 3.63) is 138 Å². The molecule has 0 aliphatic carbocycles. The molecule has 3 heterocycles. The number of aromatic nitrogens is 5. The van der Waals surface area contributed by atoms with Crippen molar-refractivity contribution in [2.45, 2.75) is 0 Å². The Hall–Kier alpha value is -6.82. The highest BCUT2D eigenvalue weighted by molar-refractivity contribution is 6.11. The fourth-order valence-electron chi connectivity index (χ4n) is 6.03. The predicted octanol–water partition coefficient (Wildman–Crippen LogP) is 8.71. The van der Waals surface area contributed by atoms with Crippen LogP contribution in [-0.2, 0) is 0 Å². The molecule has 0 fully saturated rings. The Morgan fingerprint density at radius 2 is 1.11 bits per heavy atom. The molecule has 8 nitrogen and oxygen atoms in total. The van der Waals surface area contributed by atoms with Gasteiger partial charge in [0, 0.05) is 16.3 Å². The van der Waals surface area contributed by atoms with Gasteiger partial charge in [0.05, 0.1) is 40.9 Å². The minimum Gasteiger partial charge on any atom is -0.309 e. The van der Waals surface area contributed by atoms with Crippen LogP contribution in [0.3, 0.4) is 0 Å². The van der Waals surface area contributed by atoms with Crippen molar-refractivity contribution in [3.8, 4) is 29.1 Å². The number of benzene rings is 5. The van der Waals surface area contributed by atoms with Crippen LogP contribution in [0.25, 0.3) is 76.3 Å². The van der Waals surface area contributed by atoms with Crippen molar-refractivity contribution < 1.29 is 0 Å². The van der Waals surface area contributed by atoms with Gasteiger partial charge in [0.2, 0.25) is 11.8 Å². The maximum atomic E-state index is 10.0. The third-order valence-corrected chi connectivity index (χ3v) is 7.88. The van der Waals surface area contributed by atoms with Gasteiger partial charge < -0.3 is 4.57 Å². The van der Waals surface area contributed by atoms with E-state index in [1.807, 2.05) is 65.2 Å². The van der Waals surface area contributed by atoms with Gasteiger partial charge in [-0.1, -0.05) is 60.7 Å². The van der Waals surface area contributed by atoms with Crippen LogP contribution in [0.5, 0.6) is 0 Å². The van der Waals surface area contributed by atoms with E-state index in [9.17, 15) is 5.26 Å². The van der Waals surface area contributed by atoms with Gasteiger partial charge in [-0.3, -0.25) is 4.57 Å². The minimum absolute atomic E-state index is 0.0208. The summed E-state index contributed by atoms with van der Waals surface area (Å²) in [5, 5.41) is 13.9. The summed E-state index contributed by atoms with van der Waals surface area (Å²) in [6, 6.07) is 37.4. The van der Waals surface area contributed by atoms with Crippen molar-refractivity contribution in [1.82, 2.24) is 24.1 Å². The highest BCUT2D eigenvalue weighted by Gasteiger charge is 2.20. The number of hydrogen-bond acceptors (Lipinski definition) is 4. The Labute approximate surface area is 251 Å². The monoisotopic (exact) mass is 562 g/mol. The van der Waals surface area contributed by atoms with E-state index in [4.69, 9.17) is 18.1 Å². The third kappa shape index (κ3) is 3.65. The molecule has 0 bridgehead atoms. The summed E-state index contributed by atoms with van der Waals surface area (Å²) in [6.07, 6.45) is 0. The molecule has 0 unspecified atom stereocenters. The van der Waals surface area contributed by atoms with Crippen molar-refractivity contribution in [2.24, 2.45) is 0 Å². The average molecular weight is 563 g/mol. The van der Waals surface area contributed by atoms with Crippen molar-refractivity contribution in [1.29, 1.82) is 5.26 Å². The first-order valence-electron chi connectivity index (χ1n) is 13.8. The second-order valence-corrected chi connectivity index (χ2v) is 10.2. The van der Waals surface area contributed by atoms with E-state index in [0.717, 1.165) is 54.9 Å². The number of fused-ring (bicyclic) bond motifs is 6. The third-order valence-electron chi connectivity index (χ3n) is 7.88. The van der Waals surface area contributed by atoms with Crippen molar-refractivity contribution in [3.63, 3.8) is 0 Å². The zero-order chi connectivity index (χ0) is 29.8. The first-order chi connectivity index (χ1) is 21.7. The molecule has 0 atom stereocenters. The SMILES string of the molecule is [C-]#[N+]c1ccc2c(c1)c1cc([N+]#[C-])ccc1n2-c1nc(C#N)nc(-c2ccccc2-n2c3ccccc3c3ccccc32)n1. The molecular weight excluding hydrogens is 544 g/mol. The summed E-state index contributed by atoms with van der Waals surface area (Å²) in [6.45, 7) is 15.1. The molecule has 5 aromatic carbocycles. The molecule has 0 aliphatic rings. The van der Waals surface area contributed by atoms with Crippen molar-refractivity contribution >= 4 is 55.0 Å². The number of rotatable bonds is 3. The summed E-state index contributed by atoms with van der Waals surface area (Å²) in [5.74, 6) is 0.608. The summed E-state index contributed by atoms with van der Waals surface area (Å²) in [4.78, 5) is 21.3. The fourth-order valence-corrected chi connectivity index (χ4v) is 6.03. The summed E-state index contributed by atoms with van der Waals surface area (Å²) >= 11 is 0. The van der Waals surface area contributed by atoms with Gasteiger partial charge in [-0.05, 0) is 59.3 Å². The van der Waals surface area contributed by atoms with E-state index in [2.05, 4.69) is 54.6 Å². The first kappa shape index (κ1) is 24.9. The van der Waals surface area contributed by atoms with E-state index >= 15 is 0 Å². The maximum absolute atomic E-state index is 10.0. The zero-order valence-electron chi connectivity index (χ0n) is 23.0. The molecule has 8 rings (SSSR count). The minimum atomic E-state index is -0.0208. The Kier molecular flexibility index (Phi) is 5.46. The predicted molar refractivity (Wildman–Crippen MR) is 171 cm³/mol. The van der Waals surface area contributed by atoms with E-state index in [-0.39, 0.29) is 11.8 Å². The first-order valence-corrected chi connectivity index (χ1v) is 13.8. The lowest BCUT2D eigenvalue weighted by atomic mass is 10.1. The molecule has 0 saturated heterocycles. The van der Waals surface area contributed by atoms with Crippen LogP contribution in [0.1, 0.15) is 5.82 Å². The fraction of sp³-hybridized carbons (Fsp3) is 0. The molecule has 3 aromatic heterocycles. The molecule has 0 N–H and O–H groups in total. The Morgan fingerprint density at radius 1 is 0.568 bits per heavy atom. The van der Waals surface area contributed by atoms with Gasteiger partial charge in [0.15, 0.2) is 17.2 Å². The number of para-hydroxylation sites is 3. The van der Waals surface area contributed by atoms with E-state index < -0.39 is 0 Å². The van der Waals surface area contributed by atoms with Gasteiger partial charge in [-0.15, -0.1) is 0 Å². The zero-order valence-corrected chi connectivity index (χ0v) is 23.0. The molecule has 8 aromatic rings. The molecular formula is C36H18N8. The van der Waals surface area contributed by atoms with E-state index in [0.29, 0.717) is 17.2 Å². The number of hydrogen-bond donors (Lipinski definition) is 0. The van der Waals surface area contributed by atoms with E-state index in [1.54, 1.807) is 24.3 Å². The van der Waals surface area contributed by atoms with Gasteiger partial charge in [-0.25, -0.2) is 9.69 Å². The lowest BCUT2D eigenvalue weighted by Gasteiger charge is -2.14. The smallest absolute Gasteiger partial charge is 0.239 e. The molecule has 0 spiro atoms. The Bertz CT molecular complexity index is 2480. The largest absolute Gasteiger partial charge is 0.309 e. The van der Waals surface area contributed by atoms with Crippen molar-refractivity contribution in [2.75, 3.05) is 0 Å². The Morgan fingerprint density at radius 3 is 1.70 bits per heavy atom. The summed E-state index contributed by atoms with van der Waals surface area (Å²) in [5.41, 5.74) is 6.19. The normalized spacial score (nSPS) is 11.1. The molecule has 8 heteroatoms. The molecule has 0 saturated carbocycles. The summed E-state index contributed by atoms with van der Waals surface area (Å²) in [7, 11) is 0. The maximum Gasteiger partial charge on any atom is 0.239 e. The van der Waals surface area contributed by atoms with Crippen LogP contribution < -0.4 is 0 Å². The lowest BCUT2D eigenvalue weighted by Crippen LogP contribution is -2.08.